The zero-order chi connectivity index (χ0) is 16.5. The van der Waals surface area contributed by atoms with E-state index in [4.69, 9.17) is 0 Å². The summed E-state index contributed by atoms with van der Waals surface area (Å²) in [6.45, 7) is 2.95. The van der Waals surface area contributed by atoms with Crippen LogP contribution in [-0.4, -0.2) is 19.5 Å². The summed E-state index contributed by atoms with van der Waals surface area (Å²) in [7, 11) is 0. The number of pyridine rings is 2. The molecule has 0 bridgehead atoms. The predicted octanol–water partition coefficient (Wildman–Crippen LogP) is 3.37. The van der Waals surface area contributed by atoms with E-state index in [-0.39, 0.29) is 5.56 Å². The molecule has 24 heavy (non-hydrogen) atoms. The van der Waals surface area contributed by atoms with E-state index >= 15 is 0 Å². The fraction of sp³-hybridized carbons (Fsp3) is 0.158. The third kappa shape index (κ3) is 2.34. The molecule has 5 nitrogen and oxygen atoms in total. The first-order valence-corrected chi connectivity index (χ1v) is 7.96. The van der Waals surface area contributed by atoms with E-state index in [1.807, 2.05) is 24.4 Å². The number of rotatable bonds is 3. The van der Waals surface area contributed by atoms with Crippen LogP contribution in [0.5, 0.6) is 0 Å². The second-order valence-corrected chi connectivity index (χ2v) is 5.73. The molecule has 0 spiro atoms. The van der Waals surface area contributed by atoms with Crippen LogP contribution in [0.15, 0.2) is 60.0 Å². The van der Waals surface area contributed by atoms with Crippen molar-refractivity contribution in [3.05, 3.63) is 65.6 Å². The molecule has 0 saturated carbocycles. The molecule has 5 heteroatoms. The van der Waals surface area contributed by atoms with Gasteiger partial charge in [-0.25, -0.2) is 4.98 Å². The summed E-state index contributed by atoms with van der Waals surface area (Å²) < 4.78 is 2.12. The smallest absolute Gasteiger partial charge is 0.282 e. The normalized spacial score (nSPS) is 11.2. The topological polar surface area (TPSA) is 60.7 Å². The summed E-state index contributed by atoms with van der Waals surface area (Å²) in [6.07, 6.45) is 7.77. The van der Waals surface area contributed by atoms with Crippen molar-refractivity contribution in [2.45, 2.75) is 19.9 Å². The van der Waals surface area contributed by atoms with Gasteiger partial charge in [0.15, 0.2) is 0 Å². The van der Waals surface area contributed by atoms with Gasteiger partial charge in [0.05, 0.1) is 16.8 Å². The quantitative estimate of drug-likeness (QED) is 0.544. The molecule has 0 unspecified atom stereocenters. The van der Waals surface area contributed by atoms with Gasteiger partial charge in [-0.3, -0.25) is 9.78 Å². The minimum absolute atomic E-state index is 0.232. The van der Waals surface area contributed by atoms with E-state index in [0.717, 1.165) is 35.0 Å². The number of nitrogens with zero attached hydrogens (tertiary/aromatic N) is 4. The Labute approximate surface area is 139 Å². The first kappa shape index (κ1) is 14.5. The Hall–Kier alpha value is -3.08. The molecular weight excluding hydrogens is 300 g/mol. The molecule has 0 amide bonds. The fourth-order valence-electron chi connectivity index (χ4n) is 3.06. The second-order valence-electron chi connectivity index (χ2n) is 5.73. The number of hydrogen-bond acceptors (Lipinski definition) is 4. The maximum Gasteiger partial charge on any atom is 0.282 e. The predicted molar refractivity (Wildman–Crippen MR) is 93.9 cm³/mol. The molecule has 1 aromatic heterocycles. The van der Waals surface area contributed by atoms with Gasteiger partial charge in [-0.15, -0.1) is 0 Å². The van der Waals surface area contributed by atoms with Crippen molar-refractivity contribution in [1.82, 2.24) is 19.5 Å². The minimum Gasteiger partial charge on any atom is -0.347 e. The Bertz CT molecular complexity index is 1040. The first-order valence-electron chi connectivity index (χ1n) is 7.96. The van der Waals surface area contributed by atoms with Crippen molar-refractivity contribution in [1.29, 1.82) is 0 Å². The average Bonchev–Trinajstić information content (AvgIpc) is 2.63. The minimum atomic E-state index is -0.232. The lowest BCUT2D eigenvalue weighted by molar-refractivity contribution is 0.698. The Morgan fingerprint density at radius 1 is 1.04 bits per heavy atom. The van der Waals surface area contributed by atoms with Crippen LogP contribution < -0.4 is 5.56 Å². The van der Waals surface area contributed by atoms with Crippen LogP contribution in [0.2, 0.25) is 0 Å². The van der Waals surface area contributed by atoms with Crippen molar-refractivity contribution in [2.75, 3.05) is 0 Å². The third-order valence-corrected chi connectivity index (χ3v) is 4.17. The maximum atomic E-state index is 12.1. The summed E-state index contributed by atoms with van der Waals surface area (Å²) in [5.74, 6) is 0. The number of aryl methyl sites for hydroxylation is 1. The van der Waals surface area contributed by atoms with Gasteiger partial charge in [-0.05, 0) is 35.7 Å². The first-order chi connectivity index (χ1) is 11.8. The maximum absolute atomic E-state index is 12.1. The van der Waals surface area contributed by atoms with Crippen molar-refractivity contribution in [3.8, 4) is 22.4 Å². The molecule has 0 radical (unpaired) electrons. The second kappa shape index (κ2) is 5.85. The molecule has 3 heterocycles. The van der Waals surface area contributed by atoms with Crippen molar-refractivity contribution in [3.63, 3.8) is 0 Å². The summed E-state index contributed by atoms with van der Waals surface area (Å²) >= 11 is 0. The third-order valence-electron chi connectivity index (χ3n) is 4.17. The largest absolute Gasteiger partial charge is 0.347 e. The molecular formula is C19H16N4O. The van der Waals surface area contributed by atoms with E-state index in [1.165, 1.54) is 6.33 Å². The van der Waals surface area contributed by atoms with E-state index in [9.17, 15) is 4.79 Å². The molecule has 118 valence electrons. The molecule has 4 rings (SSSR count). The Kier molecular flexibility index (Phi) is 3.54. The van der Waals surface area contributed by atoms with E-state index in [0.29, 0.717) is 11.3 Å². The van der Waals surface area contributed by atoms with E-state index in [1.54, 1.807) is 12.4 Å². The average molecular weight is 316 g/mol. The summed E-state index contributed by atoms with van der Waals surface area (Å²) in [5.41, 5.74) is 4.34. The molecule has 2 aliphatic rings. The lowest BCUT2D eigenvalue weighted by Crippen LogP contribution is -2.14. The Balaban J connectivity index is 2.05. The monoisotopic (exact) mass is 316 g/mol. The Morgan fingerprint density at radius 3 is 2.67 bits per heavy atom. The van der Waals surface area contributed by atoms with Crippen LogP contribution in [0.1, 0.15) is 13.3 Å². The molecule has 2 aromatic rings. The van der Waals surface area contributed by atoms with Gasteiger partial charge in [0.2, 0.25) is 0 Å². The highest BCUT2D eigenvalue weighted by atomic mass is 16.1. The Morgan fingerprint density at radius 2 is 1.88 bits per heavy atom. The summed E-state index contributed by atoms with van der Waals surface area (Å²) in [5, 5.41) is 0.971. The highest BCUT2D eigenvalue weighted by Gasteiger charge is 2.15. The molecule has 0 N–H and O–H groups in total. The van der Waals surface area contributed by atoms with Gasteiger partial charge in [0.25, 0.3) is 5.56 Å². The lowest BCUT2D eigenvalue weighted by Gasteiger charge is -2.16. The zero-order valence-corrected chi connectivity index (χ0v) is 13.3. The summed E-state index contributed by atoms with van der Waals surface area (Å²) in [4.78, 5) is 24.3. The van der Waals surface area contributed by atoms with Crippen LogP contribution in [0.3, 0.4) is 0 Å². The molecule has 0 saturated heterocycles. The van der Waals surface area contributed by atoms with Crippen LogP contribution in [0, 0.1) is 0 Å². The van der Waals surface area contributed by atoms with Crippen LogP contribution in [0.4, 0.5) is 0 Å². The summed E-state index contributed by atoms with van der Waals surface area (Å²) in [6, 6.07) is 10.2. The lowest BCUT2D eigenvalue weighted by atomic mass is 10.0. The van der Waals surface area contributed by atoms with Gasteiger partial charge >= 0.3 is 0 Å². The number of aromatic nitrogens is 4. The molecule has 2 aliphatic heterocycles. The molecule has 1 aromatic carbocycles. The van der Waals surface area contributed by atoms with Crippen molar-refractivity contribution >= 4 is 10.9 Å². The SMILES string of the molecule is CCCn1cc2c(=O)ncnc-2c2ccc(-c3ccncc3)cc21. The number of hydrogen-bond donors (Lipinski definition) is 0. The number of benzene rings is 1. The zero-order valence-electron chi connectivity index (χ0n) is 13.3. The van der Waals surface area contributed by atoms with Crippen molar-refractivity contribution in [2.24, 2.45) is 0 Å². The van der Waals surface area contributed by atoms with Crippen LogP contribution in [-0.2, 0) is 6.54 Å². The number of fused-ring (bicyclic) bond motifs is 3. The standard InChI is InChI=1S/C19H16N4O/c1-2-9-23-11-16-18(21-12-22-19(16)24)15-4-3-14(10-17(15)23)13-5-7-20-8-6-13/h3-8,10-12H,2,9H2,1H3. The molecule has 0 atom stereocenters. The van der Waals surface area contributed by atoms with E-state index in [2.05, 4.69) is 38.6 Å². The van der Waals surface area contributed by atoms with Gasteiger partial charge in [-0.1, -0.05) is 19.1 Å². The highest BCUT2D eigenvalue weighted by Crippen LogP contribution is 2.30. The van der Waals surface area contributed by atoms with Crippen LogP contribution in [0.25, 0.3) is 33.3 Å². The molecule has 0 aliphatic carbocycles. The van der Waals surface area contributed by atoms with Gasteiger partial charge in [-0.2, -0.15) is 4.98 Å². The highest BCUT2D eigenvalue weighted by molar-refractivity contribution is 5.95. The van der Waals surface area contributed by atoms with E-state index < -0.39 is 0 Å². The molecule has 0 fully saturated rings. The fourth-order valence-corrected chi connectivity index (χ4v) is 3.06. The van der Waals surface area contributed by atoms with Crippen LogP contribution >= 0.6 is 0 Å². The van der Waals surface area contributed by atoms with Gasteiger partial charge in [0.1, 0.15) is 6.33 Å². The van der Waals surface area contributed by atoms with Gasteiger partial charge in [0, 0.05) is 30.5 Å². The van der Waals surface area contributed by atoms with Crippen molar-refractivity contribution < 1.29 is 0 Å². The van der Waals surface area contributed by atoms with Gasteiger partial charge < -0.3 is 4.57 Å².